The van der Waals surface area contributed by atoms with E-state index in [1.807, 2.05) is 6.92 Å². The topological polar surface area (TPSA) is 80.2 Å². The van der Waals surface area contributed by atoms with Crippen LogP contribution in [0, 0.1) is 20.8 Å². The van der Waals surface area contributed by atoms with E-state index < -0.39 is 11.7 Å². The number of rotatable bonds is 5. The van der Waals surface area contributed by atoms with Gasteiger partial charge in [-0.05, 0) is 63.9 Å². The predicted octanol–water partition coefficient (Wildman–Crippen LogP) is 3.56. The van der Waals surface area contributed by atoms with Crippen LogP contribution in [0.5, 0.6) is 0 Å². The monoisotopic (exact) mass is 389 g/mol. The Bertz CT molecular complexity index is 909. The van der Waals surface area contributed by atoms with Crippen LogP contribution in [0.15, 0.2) is 18.2 Å². The number of ketones is 1. The van der Waals surface area contributed by atoms with Crippen LogP contribution in [0.25, 0.3) is 0 Å². The Kier molecular flexibility index (Phi) is 6.11. The van der Waals surface area contributed by atoms with Crippen LogP contribution in [-0.4, -0.2) is 28.2 Å². The molecule has 0 saturated heterocycles. The molecule has 0 unspecified atom stereocenters. The Morgan fingerprint density at radius 1 is 1.07 bits per heavy atom. The highest BCUT2D eigenvalue weighted by atomic mass is 35.5. The number of carbonyl (C=O) groups is 3. The van der Waals surface area contributed by atoms with Gasteiger partial charge in [-0.25, -0.2) is 0 Å². The van der Waals surface area contributed by atoms with Gasteiger partial charge in [-0.1, -0.05) is 11.6 Å². The van der Waals surface area contributed by atoms with Crippen molar-refractivity contribution in [2.45, 2.75) is 40.7 Å². The van der Waals surface area contributed by atoms with Crippen molar-refractivity contribution in [3.05, 3.63) is 51.3 Å². The molecule has 0 spiro atoms. The quantitative estimate of drug-likeness (QED) is 0.606. The molecule has 0 atom stereocenters. The van der Waals surface area contributed by atoms with E-state index in [0.717, 1.165) is 5.56 Å². The number of hydrogen-bond donors (Lipinski definition) is 2. The molecule has 0 aliphatic carbocycles. The first-order valence-corrected chi connectivity index (χ1v) is 9.00. The molecular weight excluding hydrogens is 366 g/mol. The molecule has 0 aliphatic heterocycles. The Labute approximate surface area is 163 Å². The summed E-state index contributed by atoms with van der Waals surface area (Å²) < 4.78 is 1.58. The fourth-order valence-electron chi connectivity index (χ4n) is 3.07. The number of Topliss-reactive ketones (excluding diaryl/α,β-unsaturated/α-hetero) is 1. The highest BCUT2D eigenvalue weighted by Gasteiger charge is 2.28. The summed E-state index contributed by atoms with van der Waals surface area (Å²) in [5.74, 6) is -1.71. The van der Waals surface area contributed by atoms with Gasteiger partial charge in [0.1, 0.15) is 0 Å². The molecule has 144 valence electrons. The molecule has 2 N–H and O–H groups in total. The third-order valence-corrected chi connectivity index (χ3v) is 4.52. The van der Waals surface area contributed by atoms with Crippen molar-refractivity contribution in [1.29, 1.82) is 0 Å². The number of hydrogen-bond acceptors (Lipinski definition) is 3. The molecule has 0 aliphatic rings. The van der Waals surface area contributed by atoms with Crippen LogP contribution in [0.4, 0.5) is 5.69 Å². The molecular formula is C20H24ClN3O3. The molecule has 1 aromatic heterocycles. The van der Waals surface area contributed by atoms with Crippen molar-refractivity contribution in [3.63, 3.8) is 0 Å². The first-order valence-electron chi connectivity index (χ1n) is 8.62. The number of aryl methyl sites for hydroxylation is 1. The number of anilines is 1. The molecule has 1 aromatic carbocycles. The third-order valence-electron chi connectivity index (χ3n) is 4.30. The van der Waals surface area contributed by atoms with Crippen molar-refractivity contribution in [2.24, 2.45) is 7.05 Å². The van der Waals surface area contributed by atoms with E-state index in [-0.39, 0.29) is 17.6 Å². The smallest absolute Gasteiger partial charge is 0.294 e. The minimum atomic E-state index is -0.689. The zero-order chi connectivity index (χ0) is 20.5. The highest BCUT2D eigenvalue weighted by molar-refractivity contribution is 6.43. The summed E-state index contributed by atoms with van der Waals surface area (Å²) >= 11 is 6.04. The summed E-state index contributed by atoms with van der Waals surface area (Å²) in [6.45, 7) is 8.84. The minimum absolute atomic E-state index is 0.156. The molecule has 2 amide bonds. The molecule has 7 heteroatoms. The van der Waals surface area contributed by atoms with E-state index >= 15 is 0 Å². The van der Waals surface area contributed by atoms with Gasteiger partial charge in [0.25, 0.3) is 17.6 Å². The first-order chi connectivity index (χ1) is 12.5. The van der Waals surface area contributed by atoms with Crippen LogP contribution < -0.4 is 10.6 Å². The fraction of sp³-hybridized carbons (Fsp3) is 0.350. The average molecular weight is 390 g/mol. The Morgan fingerprint density at radius 2 is 1.70 bits per heavy atom. The van der Waals surface area contributed by atoms with Crippen LogP contribution in [0.1, 0.15) is 51.5 Å². The normalized spacial score (nSPS) is 10.8. The van der Waals surface area contributed by atoms with E-state index in [1.165, 1.54) is 0 Å². The zero-order valence-electron chi connectivity index (χ0n) is 16.4. The summed E-state index contributed by atoms with van der Waals surface area (Å²) in [5.41, 5.74) is 3.13. The lowest BCUT2D eigenvalue weighted by Gasteiger charge is -2.09. The van der Waals surface area contributed by atoms with Crippen molar-refractivity contribution in [1.82, 2.24) is 9.88 Å². The minimum Gasteiger partial charge on any atom is -0.347 e. The number of carbonyl (C=O) groups excluding carboxylic acids is 3. The lowest BCUT2D eigenvalue weighted by atomic mass is 10.1. The maximum atomic E-state index is 12.8. The predicted molar refractivity (Wildman–Crippen MR) is 107 cm³/mol. The van der Waals surface area contributed by atoms with Crippen molar-refractivity contribution in [2.75, 3.05) is 5.32 Å². The fourth-order valence-corrected chi connectivity index (χ4v) is 3.36. The number of halogens is 1. The standard InChI is InChI=1S/C20H24ClN3O3/c1-10(2)22-20(27)18(25)17-12(4)16(13(5)24(17)6)19(26)23-15-8-11(3)7-14(21)9-15/h7-10H,1-6H3,(H,22,27)(H,23,26). The zero-order valence-corrected chi connectivity index (χ0v) is 17.1. The summed E-state index contributed by atoms with van der Waals surface area (Å²) in [6, 6.07) is 5.10. The van der Waals surface area contributed by atoms with E-state index in [0.29, 0.717) is 27.5 Å². The van der Waals surface area contributed by atoms with E-state index in [1.54, 1.807) is 57.5 Å². The summed E-state index contributed by atoms with van der Waals surface area (Å²) in [7, 11) is 1.67. The highest BCUT2D eigenvalue weighted by Crippen LogP contribution is 2.24. The lowest BCUT2D eigenvalue weighted by Crippen LogP contribution is -2.37. The van der Waals surface area contributed by atoms with Crippen molar-refractivity contribution >= 4 is 34.9 Å². The number of nitrogens with zero attached hydrogens (tertiary/aromatic N) is 1. The molecule has 0 bridgehead atoms. The first kappa shape index (κ1) is 20.7. The lowest BCUT2D eigenvalue weighted by molar-refractivity contribution is -0.117. The average Bonchev–Trinajstić information content (AvgIpc) is 2.74. The SMILES string of the molecule is Cc1cc(Cl)cc(NC(=O)c2c(C)c(C(=O)C(=O)NC(C)C)n(C)c2C)c1. The third kappa shape index (κ3) is 4.39. The van der Waals surface area contributed by atoms with Gasteiger partial charge in [0.15, 0.2) is 0 Å². The number of aromatic nitrogens is 1. The number of amides is 2. The van der Waals surface area contributed by atoms with Gasteiger partial charge in [0, 0.05) is 29.5 Å². The van der Waals surface area contributed by atoms with Crippen LogP contribution in [0.2, 0.25) is 5.02 Å². The molecule has 0 fully saturated rings. The molecule has 0 saturated carbocycles. The molecule has 27 heavy (non-hydrogen) atoms. The molecule has 2 rings (SSSR count). The van der Waals surface area contributed by atoms with Crippen LogP contribution >= 0.6 is 11.6 Å². The summed E-state index contributed by atoms with van der Waals surface area (Å²) in [6.07, 6.45) is 0. The molecule has 2 aromatic rings. The second-order valence-corrected chi connectivity index (χ2v) is 7.36. The van der Waals surface area contributed by atoms with Gasteiger partial charge in [0.05, 0.1) is 11.3 Å². The summed E-state index contributed by atoms with van der Waals surface area (Å²) in [5, 5.41) is 5.92. The van der Waals surface area contributed by atoms with E-state index in [4.69, 9.17) is 11.6 Å². The van der Waals surface area contributed by atoms with Crippen molar-refractivity contribution < 1.29 is 14.4 Å². The Morgan fingerprint density at radius 3 is 2.26 bits per heavy atom. The van der Waals surface area contributed by atoms with Gasteiger partial charge in [-0.2, -0.15) is 0 Å². The van der Waals surface area contributed by atoms with Crippen LogP contribution in [-0.2, 0) is 11.8 Å². The van der Waals surface area contributed by atoms with Crippen molar-refractivity contribution in [3.8, 4) is 0 Å². The van der Waals surface area contributed by atoms with Crippen LogP contribution in [0.3, 0.4) is 0 Å². The van der Waals surface area contributed by atoms with Gasteiger partial charge in [0.2, 0.25) is 0 Å². The molecule has 6 nitrogen and oxygen atoms in total. The number of benzene rings is 1. The Hall–Kier alpha value is -2.60. The van der Waals surface area contributed by atoms with Gasteiger partial charge < -0.3 is 15.2 Å². The largest absolute Gasteiger partial charge is 0.347 e. The number of nitrogens with one attached hydrogen (secondary N) is 2. The second-order valence-electron chi connectivity index (χ2n) is 6.92. The maximum absolute atomic E-state index is 12.8. The second kappa shape index (κ2) is 7.96. The maximum Gasteiger partial charge on any atom is 0.294 e. The van der Waals surface area contributed by atoms with E-state index in [9.17, 15) is 14.4 Å². The van der Waals surface area contributed by atoms with E-state index in [2.05, 4.69) is 10.6 Å². The molecule has 1 heterocycles. The molecule has 0 radical (unpaired) electrons. The van der Waals surface area contributed by atoms with Gasteiger partial charge in [-0.15, -0.1) is 0 Å². The Balaban J connectivity index is 2.39. The van der Waals surface area contributed by atoms with Gasteiger partial charge >= 0.3 is 0 Å². The van der Waals surface area contributed by atoms with Gasteiger partial charge in [-0.3, -0.25) is 14.4 Å². The summed E-state index contributed by atoms with van der Waals surface area (Å²) in [4.78, 5) is 37.5.